The Hall–Kier alpha value is -2.68. The molecule has 0 unspecified atom stereocenters. The molecule has 3 heteroatoms. The van der Waals surface area contributed by atoms with Crippen LogP contribution in [-0.2, 0) is 9.53 Å². The molecule has 0 fully saturated rings. The van der Waals surface area contributed by atoms with E-state index in [0.717, 1.165) is 11.1 Å². The molecule has 1 aliphatic carbocycles. The van der Waals surface area contributed by atoms with Gasteiger partial charge in [0.05, 0.1) is 7.11 Å². The first-order chi connectivity index (χ1) is 9.70. The van der Waals surface area contributed by atoms with Gasteiger partial charge in [0.15, 0.2) is 0 Å². The van der Waals surface area contributed by atoms with Crippen molar-refractivity contribution in [2.24, 2.45) is 0 Å². The van der Waals surface area contributed by atoms with Gasteiger partial charge < -0.3 is 4.74 Å². The fourth-order valence-corrected chi connectivity index (χ4v) is 2.32. The van der Waals surface area contributed by atoms with Crippen molar-refractivity contribution in [1.82, 2.24) is 0 Å². The number of methoxy groups -OCH3 is 1. The van der Waals surface area contributed by atoms with E-state index in [1.807, 2.05) is 42.5 Å². The molecule has 2 aromatic rings. The van der Waals surface area contributed by atoms with Gasteiger partial charge in [-0.1, -0.05) is 36.4 Å². The highest BCUT2D eigenvalue weighted by molar-refractivity contribution is 6.50. The molecule has 0 atom stereocenters. The van der Waals surface area contributed by atoms with Gasteiger partial charge in [-0.25, -0.2) is 0 Å². The minimum absolute atomic E-state index is 0.397. The van der Waals surface area contributed by atoms with Crippen molar-refractivity contribution in [3.8, 4) is 11.1 Å². The molecule has 2 aromatic carbocycles. The normalized spacial score (nSPS) is 13.8. The molecule has 0 amide bonds. The van der Waals surface area contributed by atoms with E-state index in [9.17, 15) is 9.59 Å². The number of hydrogen-bond donors (Lipinski definition) is 0. The second-order valence-corrected chi connectivity index (χ2v) is 4.53. The minimum Gasteiger partial charge on any atom is -0.496 e. The first-order valence-electron chi connectivity index (χ1n) is 6.25. The average molecular weight is 264 g/mol. The van der Waals surface area contributed by atoms with E-state index < -0.39 is 11.6 Å². The Morgan fingerprint density at radius 2 is 1.60 bits per heavy atom. The number of ketones is 2. The van der Waals surface area contributed by atoms with Crippen molar-refractivity contribution in [3.63, 3.8) is 0 Å². The molecule has 0 aliphatic heterocycles. The van der Waals surface area contributed by atoms with E-state index in [1.54, 1.807) is 6.07 Å². The average Bonchev–Trinajstić information content (AvgIpc) is 2.51. The molecule has 3 rings (SSSR count). The van der Waals surface area contributed by atoms with Crippen molar-refractivity contribution in [2.75, 3.05) is 7.11 Å². The molecule has 0 saturated heterocycles. The van der Waals surface area contributed by atoms with E-state index in [0.29, 0.717) is 16.9 Å². The van der Waals surface area contributed by atoms with Crippen LogP contribution >= 0.6 is 0 Å². The van der Waals surface area contributed by atoms with Crippen LogP contribution in [0.15, 0.2) is 54.6 Å². The summed E-state index contributed by atoms with van der Waals surface area (Å²) >= 11 is 0. The first-order valence-corrected chi connectivity index (χ1v) is 6.25. The zero-order valence-electron chi connectivity index (χ0n) is 10.9. The zero-order valence-corrected chi connectivity index (χ0v) is 10.9. The lowest BCUT2D eigenvalue weighted by molar-refractivity contribution is -0.111. The van der Waals surface area contributed by atoms with Gasteiger partial charge in [-0.15, -0.1) is 0 Å². The maximum absolute atomic E-state index is 11.9. The van der Waals surface area contributed by atoms with E-state index in [-0.39, 0.29) is 0 Å². The van der Waals surface area contributed by atoms with Crippen LogP contribution in [0.3, 0.4) is 0 Å². The van der Waals surface area contributed by atoms with Crippen molar-refractivity contribution >= 4 is 17.3 Å². The molecular weight excluding hydrogens is 252 g/mol. The second-order valence-electron chi connectivity index (χ2n) is 4.53. The lowest BCUT2D eigenvalue weighted by Gasteiger charge is -2.16. The molecule has 20 heavy (non-hydrogen) atoms. The summed E-state index contributed by atoms with van der Waals surface area (Å²) in [6.07, 6.45) is 1.25. The van der Waals surface area contributed by atoms with Crippen LogP contribution in [0.4, 0.5) is 0 Å². The summed E-state index contributed by atoms with van der Waals surface area (Å²) < 4.78 is 5.22. The van der Waals surface area contributed by atoms with Gasteiger partial charge in [-0.3, -0.25) is 9.59 Å². The van der Waals surface area contributed by atoms with E-state index in [2.05, 4.69) is 0 Å². The molecular formula is C17H12O3. The largest absolute Gasteiger partial charge is 0.496 e. The highest BCUT2D eigenvalue weighted by atomic mass is 16.5. The Kier molecular flexibility index (Phi) is 2.95. The third-order valence-electron chi connectivity index (χ3n) is 3.34. The number of fused-ring (bicyclic) bond motifs is 1. The van der Waals surface area contributed by atoms with Gasteiger partial charge >= 0.3 is 0 Å². The monoisotopic (exact) mass is 264 g/mol. The summed E-state index contributed by atoms with van der Waals surface area (Å²) in [5.41, 5.74) is 3.09. The molecule has 0 heterocycles. The Morgan fingerprint density at radius 1 is 0.850 bits per heavy atom. The van der Waals surface area contributed by atoms with Gasteiger partial charge in [0.1, 0.15) is 5.76 Å². The van der Waals surface area contributed by atoms with Gasteiger partial charge in [0, 0.05) is 17.2 Å². The first kappa shape index (κ1) is 12.4. The number of rotatable bonds is 2. The van der Waals surface area contributed by atoms with Crippen LogP contribution in [-0.4, -0.2) is 18.7 Å². The number of benzene rings is 2. The fourth-order valence-electron chi connectivity index (χ4n) is 2.32. The van der Waals surface area contributed by atoms with Gasteiger partial charge in [0.2, 0.25) is 11.6 Å². The zero-order chi connectivity index (χ0) is 14.1. The summed E-state index contributed by atoms with van der Waals surface area (Å²) in [7, 11) is 1.49. The summed E-state index contributed by atoms with van der Waals surface area (Å²) in [6.45, 7) is 0. The van der Waals surface area contributed by atoms with Crippen LogP contribution in [0.25, 0.3) is 16.9 Å². The van der Waals surface area contributed by atoms with Gasteiger partial charge in [-0.2, -0.15) is 0 Å². The topological polar surface area (TPSA) is 43.4 Å². The second kappa shape index (κ2) is 4.78. The van der Waals surface area contributed by atoms with Crippen LogP contribution in [0.1, 0.15) is 15.9 Å². The minimum atomic E-state index is -0.540. The number of carbonyl (C=O) groups excluding carboxylic acids is 2. The highest BCUT2D eigenvalue weighted by Gasteiger charge is 2.26. The molecule has 0 saturated carbocycles. The van der Waals surface area contributed by atoms with E-state index in [4.69, 9.17) is 4.74 Å². The Morgan fingerprint density at radius 3 is 2.30 bits per heavy atom. The molecule has 0 N–H and O–H groups in total. The van der Waals surface area contributed by atoms with Crippen LogP contribution in [0.2, 0.25) is 0 Å². The summed E-state index contributed by atoms with van der Waals surface area (Å²) in [5.74, 6) is -0.593. The quantitative estimate of drug-likeness (QED) is 0.783. The van der Waals surface area contributed by atoms with Crippen LogP contribution in [0, 0.1) is 0 Å². The molecule has 0 aromatic heterocycles. The lowest BCUT2D eigenvalue weighted by atomic mass is 9.90. The number of carbonyl (C=O) groups is 2. The van der Waals surface area contributed by atoms with Gasteiger partial charge in [0.25, 0.3) is 0 Å². The highest BCUT2D eigenvalue weighted by Crippen LogP contribution is 2.30. The third-order valence-corrected chi connectivity index (χ3v) is 3.34. The number of ether oxygens (including phenoxy) is 1. The summed E-state index contributed by atoms with van der Waals surface area (Å²) in [6, 6.07) is 15.3. The van der Waals surface area contributed by atoms with Crippen molar-refractivity contribution in [3.05, 3.63) is 65.7 Å². The maximum Gasteiger partial charge on any atom is 0.233 e. The summed E-state index contributed by atoms with van der Waals surface area (Å²) in [5, 5.41) is 0. The number of allylic oxidation sites excluding steroid dienone is 1. The maximum atomic E-state index is 11.9. The molecule has 0 bridgehead atoms. The van der Waals surface area contributed by atoms with Crippen LogP contribution < -0.4 is 0 Å². The number of hydrogen-bond acceptors (Lipinski definition) is 3. The van der Waals surface area contributed by atoms with Gasteiger partial charge in [-0.05, 0) is 23.3 Å². The molecule has 98 valence electrons. The summed E-state index contributed by atoms with van der Waals surface area (Å²) in [4.78, 5) is 23.5. The molecule has 0 radical (unpaired) electrons. The van der Waals surface area contributed by atoms with E-state index in [1.165, 1.54) is 13.2 Å². The Bertz CT molecular complexity index is 727. The fraction of sp³-hybridized carbons (Fsp3) is 0.0588. The predicted octanol–water partition coefficient (Wildman–Crippen LogP) is 3.11. The Balaban J connectivity index is 2.17. The van der Waals surface area contributed by atoms with Crippen molar-refractivity contribution in [2.45, 2.75) is 0 Å². The molecule has 3 nitrogen and oxygen atoms in total. The van der Waals surface area contributed by atoms with Crippen molar-refractivity contribution in [1.29, 1.82) is 0 Å². The SMILES string of the molecule is COC1=CC(=O)C(=O)c2ccc(-c3ccccc3)cc21. The van der Waals surface area contributed by atoms with Crippen LogP contribution in [0.5, 0.6) is 0 Å². The van der Waals surface area contributed by atoms with E-state index >= 15 is 0 Å². The molecule has 0 spiro atoms. The predicted molar refractivity (Wildman–Crippen MR) is 76.2 cm³/mol. The lowest BCUT2D eigenvalue weighted by Crippen LogP contribution is -2.19. The number of Topliss-reactive ketones (excluding diaryl/α,β-unsaturated/α-hetero) is 1. The smallest absolute Gasteiger partial charge is 0.233 e. The molecule has 1 aliphatic rings. The third kappa shape index (κ3) is 1.93. The van der Waals surface area contributed by atoms with Crippen molar-refractivity contribution < 1.29 is 14.3 Å². The Labute approximate surface area is 116 Å². The standard InChI is InChI=1S/C17H12O3/c1-20-16-10-15(18)17(19)13-8-7-12(9-14(13)16)11-5-3-2-4-6-11/h2-10H,1H3.